The molecule has 0 radical (unpaired) electrons. The Kier molecular flexibility index (Phi) is 19.1. The quantitative estimate of drug-likeness (QED) is 0.0248. The summed E-state index contributed by atoms with van der Waals surface area (Å²) in [5.41, 5.74) is 12.5. The fourth-order valence-corrected chi connectivity index (χ4v) is 8.22. The molecular weight excluding hydrogens is 713 g/mol. The van der Waals surface area contributed by atoms with Crippen molar-refractivity contribution in [2.45, 2.75) is 161 Å². The second kappa shape index (κ2) is 24.9. The van der Waals surface area contributed by atoms with E-state index in [-0.39, 0.29) is 0 Å². The van der Waals surface area contributed by atoms with Crippen LogP contribution in [0.25, 0.3) is 11.5 Å². The number of nitrogens with zero attached hydrogens (tertiary/aromatic N) is 7. The minimum absolute atomic E-state index is 0.475. The molecule has 5 rings (SSSR count). The van der Waals surface area contributed by atoms with E-state index in [0.717, 1.165) is 113 Å². The first kappa shape index (κ1) is 44.4. The summed E-state index contributed by atoms with van der Waals surface area (Å²) in [4.78, 5) is 18.2. The molecule has 8 heteroatoms. The van der Waals surface area contributed by atoms with Crippen LogP contribution in [-0.4, -0.2) is 31.9 Å². The van der Waals surface area contributed by atoms with Crippen LogP contribution in [0.1, 0.15) is 157 Å². The largest absolute Gasteiger partial charge is 0.387 e. The lowest BCUT2D eigenvalue weighted by Gasteiger charge is -2.26. The Morgan fingerprint density at radius 3 is 2.05 bits per heavy atom. The van der Waals surface area contributed by atoms with Gasteiger partial charge in [-0.3, -0.25) is 9.98 Å². The van der Waals surface area contributed by atoms with Gasteiger partial charge < -0.3 is 10.3 Å². The Bertz CT molecular complexity index is 1880. The number of imidazole rings is 1. The summed E-state index contributed by atoms with van der Waals surface area (Å²) >= 11 is 0. The number of hydrogen-bond acceptors (Lipinski definition) is 4. The van der Waals surface area contributed by atoms with Crippen LogP contribution < -0.4 is 14.9 Å². The van der Waals surface area contributed by atoms with E-state index in [1.165, 1.54) is 48.8 Å². The number of aryl methyl sites for hydroxylation is 4. The Balaban J connectivity index is 0.987. The second-order valence-electron chi connectivity index (χ2n) is 16.5. The van der Waals surface area contributed by atoms with E-state index in [2.05, 4.69) is 122 Å². The van der Waals surface area contributed by atoms with Crippen LogP contribution in [0.4, 0.5) is 0 Å². The van der Waals surface area contributed by atoms with Crippen LogP contribution in [0.3, 0.4) is 0 Å². The number of rotatable bonds is 27. The zero-order valence-electron chi connectivity index (χ0n) is 36.2. The van der Waals surface area contributed by atoms with Gasteiger partial charge in [-0.15, -0.1) is 0 Å². The Morgan fingerprint density at radius 1 is 0.707 bits per heavy atom. The topological polar surface area (TPSA) is 89.7 Å². The zero-order chi connectivity index (χ0) is 40.8. The molecule has 310 valence electrons. The normalized spacial score (nSPS) is 13.4. The van der Waals surface area contributed by atoms with Gasteiger partial charge in [-0.2, -0.15) is 0 Å². The van der Waals surface area contributed by atoms with Crippen molar-refractivity contribution in [3.05, 3.63) is 127 Å². The maximum atomic E-state index is 6.29. The molecule has 3 atom stereocenters. The predicted octanol–water partition coefficient (Wildman–Crippen LogP) is 10.8. The Labute approximate surface area is 350 Å². The van der Waals surface area contributed by atoms with E-state index >= 15 is 0 Å². The van der Waals surface area contributed by atoms with Crippen molar-refractivity contribution in [3.8, 4) is 11.5 Å². The molecule has 0 aliphatic rings. The fraction of sp³-hybridized carbons (Fsp3) is 0.520. The van der Waals surface area contributed by atoms with Gasteiger partial charge in [0.05, 0.1) is 5.84 Å². The van der Waals surface area contributed by atoms with E-state index < -0.39 is 0 Å². The third kappa shape index (κ3) is 14.9. The molecule has 0 saturated heterocycles. The number of amidine groups is 1. The van der Waals surface area contributed by atoms with Crippen LogP contribution in [0, 0.1) is 6.92 Å². The lowest BCUT2D eigenvalue weighted by atomic mass is 9.79. The molecule has 0 spiro atoms. The van der Waals surface area contributed by atoms with Crippen LogP contribution in [0.2, 0.25) is 0 Å². The molecule has 2 N–H and O–H groups in total. The molecule has 0 aliphatic heterocycles. The molecule has 5 aromatic heterocycles. The lowest BCUT2D eigenvalue weighted by molar-refractivity contribution is -0.697. The molecule has 3 unspecified atom stereocenters. The SMILES string of the molecule is CCCCCC[n+]1ccc(C(C)CC(CC(CC)c2cc[n+](CCCCCC(N)=NCCCCCCn3ccnc3-c3cccc(C)n3)cc2)c2ccncc2)cc1. The van der Waals surface area contributed by atoms with Crippen LogP contribution >= 0.6 is 0 Å². The molecule has 5 heterocycles. The molecular formula is C50H72N8+2. The van der Waals surface area contributed by atoms with Gasteiger partial charge in [-0.1, -0.05) is 52.5 Å². The standard InChI is InChI=1S/C50H72N8/c1-5-7-8-14-31-56-34-23-44(24-35-56)41(3)39-47(45-21-28-52-29-22-45)40-43(6-2)46-25-36-57(37-26-46)32-15-11-12-20-49(51)53-27-13-9-10-16-33-58-38-30-54-50(58)48-19-17-18-42(4)55-48/h17-19,21-26,28-30,34-38,41,43,47H,5-16,20,27,31-33,39-40H2,1-4H3,(H2,51,53)/q+2. The number of aliphatic imine (C=N–C) groups is 1. The molecule has 0 aromatic carbocycles. The maximum absolute atomic E-state index is 6.29. The highest BCUT2D eigenvalue weighted by atomic mass is 15.1. The monoisotopic (exact) mass is 785 g/mol. The molecule has 0 aliphatic carbocycles. The minimum atomic E-state index is 0.475. The number of hydrogen-bond donors (Lipinski definition) is 1. The van der Waals surface area contributed by atoms with Crippen molar-refractivity contribution in [1.29, 1.82) is 0 Å². The van der Waals surface area contributed by atoms with Gasteiger partial charge in [0, 0.05) is 87.1 Å². The number of nitrogens with two attached hydrogens (primary N) is 1. The van der Waals surface area contributed by atoms with Gasteiger partial charge in [0.2, 0.25) is 0 Å². The van der Waals surface area contributed by atoms with Gasteiger partial charge in [-0.05, 0) is 117 Å². The number of aromatic nitrogens is 6. The highest BCUT2D eigenvalue weighted by Crippen LogP contribution is 2.38. The summed E-state index contributed by atoms with van der Waals surface area (Å²) in [5, 5.41) is 0. The first-order chi connectivity index (χ1) is 28.4. The summed E-state index contributed by atoms with van der Waals surface area (Å²) in [5.74, 6) is 3.23. The summed E-state index contributed by atoms with van der Waals surface area (Å²) in [7, 11) is 0. The second-order valence-corrected chi connectivity index (χ2v) is 16.5. The molecule has 8 nitrogen and oxygen atoms in total. The van der Waals surface area contributed by atoms with Crippen molar-refractivity contribution in [2.75, 3.05) is 6.54 Å². The first-order valence-corrected chi connectivity index (χ1v) is 22.5. The van der Waals surface area contributed by atoms with E-state index in [9.17, 15) is 0 Å². The van der Waals surface area contributed by atoms with E-state index in [1.54, 1.807) is 0 Å². The van der Waals surface area contributed by atoms with Gasteiger partial charge in [0.25, 0.3) is 0 Å². The maximum Gasteiger partial charge on any atom is 0.169 e. The zero-order valence-corrected chi connectivity index (χ0v) is 36.2. The summed E-state index contributed by atoms with van der Waals surface area (Å²) in [6.07, 6.45) is 34.4. The van der Waals surface area contributed by atoms with Crippen LogP contribution in [0.15, 0.2) is 109 Å². The first-order valence-electron chi connectivity index (χ1n) is 22.5. The fourth-order valence-electron chi connectivity index (χ4n) is 8.22. The highest BCUT2D eigenvalue weighted by Gasteiger charge is 2.23. The average Bonchev–Trinajstić information content (AvgIpc) is 3.73. The third-order valence-electron chi connectivity index (χ3n) is 11.8. The Hall–Kier alpha value is -4.72. The third-order valence-corrected chi connectivity index (χ3v) is 11.8. The van der Waals surface area contributed by atoms with Gasteiger partial charge in [0.15, 0.2) is 30.6 Å². The van der Waals surface area contributed by atoms with Crippen molar-refractivity contribution < 1.29 is 9.13 Å². The molecule has 5 aromatic rings. The molecule has 0 amide bonds. The summed E-state index contributed by atoms with van der Waals surface area (Å²) in [6.45, 7) is 13.0. The van der Waals surface area contributed by atoms with Crippen molar-refractivity contribution in [2.24, 2.45) is 10.7 Å². The van der Waals surface area contributed by atoms with Crippen molar-refractivity contribution in [3.63, 3.8) is 0 Å². The molecule has 0 saturated carbocycles. The van der Waals surface area contributed by atoms with Crippen LogP contribution in [0.5, 0.6) is 0 Å². The minimum Gasteiger partial charge on any atom is -0.387 e. The molecule has 58 heavy (non-hydrogen) atoms. The van der Waals surface area contributed by atoms with E-state index in [1.807, 2.05) is 43.7 Å². The lowest BCUT2D eigenvalue weighted by Crippen LogP contribution is -2.32. The molecule has 0 fully saturated rings. The van der Waals surface area contributed by atoms with Gasteiger partial charge >= 0.3 is 0 Å². The summed E-state index contributed by atoms with van der Waals surface area (Å²) < 4.78 is 6.91. The number of unbranched alkanes of at least 4 members (excludes halogenated alkanes) is 8. The van der Waals surface area contributed by atoms with E-state index in [0.29, 0.717) is 17.8 Å². The smallest absolute Gasteiger partial charge is 0.169 e. The highest BCUT2D eigenvalue weighted by molar-refractivity contribution is 5.80. The van der Waals surface area contributed by atoms with Gasteiger partial charge in [-0.25, -0.2) is 19.1 Å². The van der Waals surface area contributed by atoms with Crippen molar-refractivity contribution in [1.82, 2.24) is 19.5 Å². The average molecular weight is 785 g/mol. The predicted molar refractivity (Wildman–Crippen MR) is 239 cm³/mol. The molecule has 0 bridgehead atoms. The number of pyridine rings is 4. The Morgan fingerprint density at radius 2 is 1.36 bits per heavy atom. The van der Waals surface area contributed by atoms with E-state index in [4.69, 9.17) is 5.73 Å². The summed E-state index contributed by atoms with van der Waals surface area (Å²) in [6, 6.07) is 20.0. The van der Waals surface area contributed by atoms with Crippen LogP contribution in [-0.2, 0) is 19.6 Å². The van der Waals surface area contributed by atoms with Crippen molar-refractivity contribution >= 4 is 5.84 Å². The van der Waals surface area contributed by atoms with Gasteiger partial charge in [0.1, 0.15) is 18.8 Å².